The second-order valence-electron chi connectivity index (χ2n) is 7.63. The molecule has 10 heteroatoms. The first kappa shape index (κ1) is 20.8. The molecule has 2 saturated carbocycles. The Morgan fingerprint density at radius 1 is 1.36 bits per heavy atom. The van der Waals surface area contributed by atoms with Gasteiger partial charge in [-0.25, -0.2) is 5.10 Å². The number of H-pyrrole nitrogens is 1. The molecule has 4 N–H and O–H groups in total. The van der Waals surface area contributed by atoms with E-state index in [0.717, 1.165) is 0 Å². The molecule has 1 amide bonds. The molecule has 0 aromatic carbocycles. The minimum Gasteiger partial charge on any atom is -0.322 e. The van der Waals surface area contributed by atoms with Gasteiger partial charge in [0, 0.05) is 11.8 Å². The fourth-order valence-corrected chi connectivity index (χ4v) is 3.96. The molecule has 4 rings (SSSR count). The van der Waals surface area contributed by atoms with Crippen molar-refractivity contribution >= 4 is 35.6 Å². The summed E-state index contributed by atoms with van der Waals surface area (Å²) in [5.41, 5.74) is 6.95. The number of amides is 1. The van der Waals surface area contributed by atoms with Crippen LogP contribution in [0, 0.1) is 17.8 Å². The van der Waals surface area contributed by atoms with Gasteiger partial charge in [-0.1, -0.05) is 11.6 Å². The Kier molecular flexibility index (Phi) is 6.12. The number of anilines is 1. The number of nitrogens with one attached hydrogen (secondary N) is 2. The second-order valence-corrected chi connectivity index (χ2v) is 8.01. The number of aromatic nitrogens is 4. The summed E-state index contributed by atoms with van der Waals surface area (Å²) in [5, 5.41) is 13.3. The van der Waals surface area contributed by atoms with E-state index in [9.17, 15) is 9.59 Å². The van der Waals surface area contributed by atoms with E-state index in [1.54, 1.807) is 17.1 Å². The van der Waals surface area contributed by atoms with Crippen molar-refractivity contribution in [2.24, 2.45) is 23.5 Å². The van der Waals surface area contributed by atoms with Crippen LogP contribution in [0.25, 0.3) is 0 Å². The van der Waals surface area contributed by atoms with E-state index in [1.807, 2.05) is 6.92 Å². The highest BCUT2D eigenvalue weighted by Gasteiger charge is 2.46. The van der Waals surface area contributed by atoms with Crippen molar-refractivity contribution in [1.82, 2.24) is 20.0 Å². The highest BCUT2D eigenvalue weighted by Crippen LogP contribution is 2.50. The van der Waals surface area contributed by atoms with E-state index in [0.29, 0.717) is 23.1 Å². The van der Waals surface area contributed by atoms with Gasteiger partial charge in [-0.05, 0) is 56.4 Å². The first-order valence-corrected chi connectivity index (χ1v) is 9.67. The van der Waals surface area contributed by atoms with Crippen molar-refractivity contribution in [3.8, 4) is 0 Å². The summed E-state index contributed by atoms with van der Waals surface area (Å²) >= 11 is 5.87. The first-order chi connectivity index (χ1) is 12.9. The SMILES string of the molecule is CC(c1cc(Cl)n[nH]c1=O)n1cc(NC(=O)[C@@H](N)C(C2CC2)C2CC2)cn1.Cl. The van der Waals surface area contributed by atoms with Gasteiger partial charge < -0.3 is 11.1 Å². The van der Waals surface area contributed by atoms with Gasteiger partial charge in [-0.3, -0.25) is 14.3 Å². The van der Waals surface area contributed by atoms with Crippen molar-refractivity contribution in [2.45, 2.75) is 44.7 Å². The fraction of sp³-hybridized carbons (Fsp3) is 0.556. The van der Waals surface area contributed by atoms with Crippen LogP contribution >= 0.6 is 24.0 Å². The number of nitrogens with zero attached hydrogens (tertiary/aromatic N) is 3. The Morgan fingerprint density at radius 2 is 2.00 bits per heavy atom. The predicted molar refractivity (Wildman–Crippen MR) is 109 cm³/mol. The third-order valence-electron chi connectivity index (χ3n) is 5.57. The monoisotopic (exact) mass is 426 g/mol. The number of nitrogens with two attached hydrogens (primary N) is 1. The highest BCUT2D eigenvalue weighted by atomic mass is 35.5. The van der Waals surface area contributed by atoms with Crippen LogP contribution in [0.2, 0.25) is 5.15 Å². The Balaban J connectivity index is 0.00000225. The zero-order chi connectivity index (χ0) is 19.1. The van der Waals surface area contributed by atoms with E-state index in [2.05, 4.69) is 20.6 Å². The zero-order valence-corrected chi connectivity index (χ0v) is 17.0. The Labute approximate surface area is 173 Å². The summed E-state index contributed by atoms with van der Waals surface area (Å²) in [5.74, 6) is 1.32. The van der Waals surface area contributed by atoms with E-state index in [4.69, 9.17) is 17.3 Å². The summed E-state index contributed by atoms with van der Waals surface area (Å²) in [4.78, 5) is 24.6. The third-order valence-corrected chi connectivity index (χ3v) is 5.76. The van der Waals surface area contributed by atoms with Crippen LogP contribution in [0.3, 0.4) is 0 Å². The van der Waals surface area contributed by atoms with E-state index in [1.165, 1.54) is 31.7 Å². The molecule has 2 aromatic rings. The van der Waals surface area contributed by atoms with Crippen LogP contribution in [-0.4, -0.2) is 31.9 Å². The van der Waals surface area contributed by atoms with Gasteiger partial charge in [0.1, 0.15) is 5.15 Å². The maximum absolute atomic E-state index is 12.6. The lowest BCUT2D eigenvalue weighted by molar-refractivity contribution is -0.118. The smallest absolute Gasteiger partial charge is 0.269 e. The number of hydrogen-bond acceptors (Lipinski definition) is 5. The maximum Gasteiger partial charge on any atom is 0.269 e. The quantitative estimate of drug-likeness (QED) is 0.627. The molecule has 2 atom stereocenters. The largest absolute Gasteiger partial charge is 0.322 e. The lowest BCUT2D eigenvalue weighted by Gasteiger charge is -2.22. The average molecular weight is 427 g/mol. The van der Waals surface area contributed by atoms with E-state index < -0.39 is 6.04 Å². The molecular formula is C18H24Cl2N6O2. The standard InChI is InChI=1S/C18H23ClN6O2.ClH/c1-9(13-6-14(19)23-24-17(13)26)25-8-12(7-21-25)22-18(27)16(20)15(10-2-3-10)11-4-5-11;/h6-11,15-16H,2-5,20H2,1H3,(H,22,27)(H,24,26);1H/t9?,16-;/m0./s1. The molecule has 0 spiro atoms. The van der Waals surface area contributed by atoms with Crippen molar-refractivity contribution in [3.63, 3.8) is 0 Å². The molecule has 28 heavy (non-hydrogen) atoms. The molecular weight excluding hydrogens is 403 g/mol. The van der Waals surface area contributed by atoms with Crippen LogP contribution in [0.4, 0.5) is 5.69 Å². The second kappa shape index (κ2) is 8.23. The molecule has 2 heterocycles. The third kappa shape index (κ3) is 4.39. The van der Waals surface area contributed by atoms with Gasteiger partial charge >= 0.3 is 0 Å². The molecule has 0 bridgehead atoms. The normalized spacial score (nSPS) is 18.4. The van der Waals surface area contributed by atoms with Crippen LogP contribution in [-0.2, 0) is 4.79 Å². The Bertz CT molecular complexity index is 893. The molecule has 1 unspecified atom stereocenters. The summed E-state index contributed by atoms with van der Waals surface area (Å²) in [6.07, 6.45) is 7.97. The van der Waals surface area contributed by atoms with Crippen molar-refractivity contribution in [1.29, 1.82) is 0 Å². The summed E-state index contributed by atoms with van der Waals surface area (Å²) in [6.45, 7) is 1.82. The number of halogens is 2. The minimum absolute atomic E-state index is 0. The Morgan fingerprint density at radius 3 is 2.61 bits per heavy atom. The summed E-state index contributed by atoms with van der Waals surface area (Å²) in [6, 6.07) is 0.656. The van der Waals surface area contributed by atoms with E-state index in [-0.39, 0.29) is 41.0 Å². The molecule has 8 nitrogen and oxygen atoms in total. The molecule has 2 aromatic heterocycles. The van der Waals surface area contributed by atoms with Gasteiger partial charge in [0.15, 0.2) is 0 Å². The fourth-order valence-electron chi connectivity index (χ4n) is 3.80. The zero-order valence-electron chi connectivity index (χ0n) is 15.5. The number of aromatic amines is 1. The Hall–Kier alpha value is -1.90. The first-order valence-electron chi connectivity index (χ1n) is 9.29. The van der Waals surface area contributed by atoms with Gasteiger partial charge in [0.05, 0.1) is 24.0 Å². The summed E-state index contributed by atoms with van der Waals surface area (Å²) in [7, 11) is 0. The van der Waals surface area contributed by atoms with Gasteiger partial charge in [-0.2, -0.15) is 10.2 Å². The van der Waals surface area contributed by atoms with Crippen LogP contribution in [0.15, 0.2) is 23.3 Å². The summed E-state index contributed by atoms with van der Waals surface area (Å²) < 4.78 is 1.60. The molecule has 2 aliphatic carbocycles. The average Bonchev–Trinajstić information content (AvgIpc) is 3.58. The predicted octanol–water partition coefficient (Wildman–Crippen LogP) is 2.35. The van der Waals surface area contributed by atoms with Gasteiger partial charge in [-0.15, -0.1) is 12.4 Å². The number of rotatable bonds is 7. The molecule has 2 aliphatic rings. The van der Waals surface area contributed by atoms with Gasteiger partial charge in [0.2, 0.25) is 5.91 Å². The van der Waals surface area contributed by atoms with Crippen molar-refractivity contribution < 1.29 is 4.79 Å². The van der Waals surface area contributed by atoms with Crippen LogP contribution < -0.4 is 16.6 Å². The van der Waals surface area contributed by atoms with Crippen LogP contribution in [0.5, 0.6) is 0 Å². The van der Waals surface area contributed by atoms with Crippen molar-refractivity contribution in [2.75, 3.05) is 5.32 Å². The lowest BCUT2D eigenvalue weighted by Crippen LogP contribution is -2.43. The number of carbonyl (C=O) groups excluding carboxylic acids is 1. The number of carbonyl (C=O) groups is 1. The topological polar surface area (TPSA) is 119 Å². The van der Waals surface area contributed by atoms with Crippen LogP contribution in [0.1, 0.15) is 44.2 Å². The van der Waals surface area contributed by atoms with Crippen molar-refractivity contribution in [3.05, 3.63) is 39.5 Å². The molecule has 2 fully saturated rings. The van der Waals surface area contributed by atoms with E-state index >= 15 is 0 Å². The van der Waals surface area contributed by atoms with Gasteiger partial charge in [0.25, 0.3) is 5.56 Å². The molecule has 0 radical (unpaired) electrons. The molecule has 0 saturated heterocycles. The maximum atomic E-state index is 12.6. The number of hydrogen-bond donors (Lipinski definition) is 3. The molecule has 0 aliphatic heterocycles. The molecule has 152 valence electrons. The lowest BCUT2D eigenvalue weighted by atomic mass is 9.89. The highest BCUT2D eigenvalue weighted by molar-refractivity contribution is 6.29. The minimum atomic E-state index is -0.493.